The average molecular weight is 383 g/mol. The molecule has 1 amide bonds. The molecule has 2 N–H and O–H groups in total. The van der Waals surface area contributed by atoms with Crippen LogP contribution in [-0.4, -0.2) is 37.7 Å². The number of carbonyl (C=O) groups is 1. The Balaban J connectivity index is 1.48. The molecule has 1 aliphatic heterocycles. The van der Waals surface area contributed by atoms with E-state index in [4.69, 9.17) is 12.2 Å². The van der Waals surface area contributed by atoms with Gasteiger partial charge in [0.2, 0.25) is 5.91 Å². The minimum atomic E-state index is 0.187. The number of thiocarbonyl (C=S) groups is 1. The van der Waals surface area contributed by atoms with E-state index in [1.807, 2.05) is 29.2 Å². The maximum Gasteiger partial charge on any atom is 0.227 e. The van der Waals surface area contributed by atoms with Gasteiger partial charge in [0, 0.05) is 50.2 Å². The van der Waals surface area contributed by atoms with Crippen LogP contribution in [0.3, 0.4) is 0 Å². The van der Waals surface area contributed by atoms with Crippen LogP contribution < -0.4 is 20.4 Å². The normalized spacial score (nSPS) is 13.6. The fraction of sp³-hybridized carbons (Fsp3) is 0.333. The monoisotopic (exact) mass is 382 g/mol. The molecule has 0 saturated carbocycles. The van der Waals surface area contributed by atoms with Crippen LogP contribution in [0.15, 0.2) is 48.5 Å². The summed E-state index contributed by atoms with van der Waals surface area (Å²) in [7, 11) is 2.07. The molecule has 2 aromatic rings. The van der Waals surface area contributed by atoms with Gasteiger partial charge in [0.15, 0.2) is 5.11 Å². The summed E-state index contributed by atoms with van der Waals surface area (Å²) < 4.78 is 0. The van der Waals surface area contributed by atoms with Crippen molar-refractivity contribution >= 4 is 40.3 Å². The minimum absolute atomic E-state index is 0.187. The Labute approximate surface area is 166 Å². The van der Waals surface area contributed by atoms with Gasteiger partial charge in [-0.1, -0.05) is 23.8 Å². The number of anilines is 3. The van der Waals surface area contributed by atoms with Crippen LogP contribution in [0.4, 0.5) is 17.1 Å². The van der Waals surface area contributed by atoms with E-state index < -0.39 is 0 Å². The molecule has 0 aromatic heterocycles. The van der Waals surface area contributed by atoms with Crippen molar-refractivity contribution in [3.63, 3.8) is 0 Å². The van der Waals surface area contributed by atoms with Crippen molar-refractivity contribution in [2.45, 2.75) is 19.8 Å². The number of hydrogen-bond acceptors (Lipinski definition) is 3. The van der Waals surface area contributed by atoms with Gasteiger partial charge in [0.05, 0.1) is 0 Å². The molecule has 27 heavy (non-hydrogen) atoms. The number of hydrogen-bond donors (Lipinski definition) is 2. The van der Waals surface area contributed by atoms with Crippen LogP contribution >= 0.6 is 12.2 Å². The fourth-order valence-corrected chi connectivity index (χ4v) is 3.33. The highest BCUT2D eigenvalue weighted by Crippen LogP contribution is 2.24. The lowest BCUT2D eigenvalue weighted by atomic mass is 10.2. The summed E-state index contributed by atoms with van der Waals surface area (Å²) in [5.74, 6) is 0.187. The molecule has 6 heteroatoms. The Morgan fingerprint density at radius 2 is 2.00 bits per heavy atom. The van der Waals surface area contributed by atoms with E-state index in [1.165, 1.54) is 11.3 Å². The summed E-state index contributed by atoms with van der Waals surface area (Å²) in [5, 5.41) is 7.03. The molecule has 1 fully saturated rings. The zero-order chi connectivity index (χ0) is 19.2. The van der Waals surface area contributed by atoms with Crippen LogP contribution in [0, 0.1) is 6.92 Å². The van der Waals surface area contributed by atoms with Gasteiger partial charge in [-0.3, -0.25) is 4.79 Å². The van der Waals surface area contributed by atoms with Gasteiger partial charge in [-0.05, 0) is 55.9 Å². The van der Waals surface area contributed by atoms with E-state index >= 15 is 0 Å². The Kier molecular flexibility index (Phi) is 6.29. The van der Waals surface area contributed by atoms with Crippen LogP contribution in [0.1, 0.15) is 18.4 Å². The van der Waals surface area contributed by atoms with E-state index in [-0.39, 0.29) is 5.91 Å². The molecule has 5 nitrogen and oxygen atoms in total. The number of aryl methyl sites for hydroxylation is 1. The smallest absolute Gasteiger partial charge is 0.227 e. The van der Waals surface area contributed by atoms with E-state index in [0.717, 1.165) is 37.4 Å². The topological polar surface area (TPSA) is 47.6 Å². The molecule has 0 bridgehead atoms. The maximum absolute atomic E-state index is 11.9. The highest BCUT2D eigenvalue weighted by Gasteiger charge is 2.21. The third kappa shape index (κ3) is 5.20. The second-order valence-corrected chi connectivity index (χ2v) is 7.25. The number of likely N-dealkylation sites (N-methyl/N-ethyl adjacent to an activating group) is 1. The van der Waals surface area contributed by atoms with Crippen LogP contribution in [0.5, 0.6) is 0 Å². The minimum Gasteiger partial charge on any atom is -0.373 e. The van der Waals surface area contributed by atoms with Crippen molar-refractivity contribution in [3.05, 3.63) is 54.1 Å². The number of rotatable bonds is 6. The maximum atomic E-state index is 11.9. The highest BCUT2D eigenvalue weighted by molar-refractivity contribution is 7.80. The lowest BCUT2D eigenvalue weighted by molar-refractivity contribution is -0.117. The Hall–Kier alpha value is -2.60. The average Bonchev–Trinajstić information content (AvgIpc) is 3.08. The van der Waals surface area contributed by atoms with Gasteiger partial charge in [-0.15, -0.1) is 0 Å². The molecule has 1 aliphatic rings. The molecule has 0 unspecified atom stereocenters. The number of carbonyl (C=O) groups excluding carboxylic acids is 1. The van der Waals surface area contributed by atoms with E-state index in [9.17, 15) is 4.79 Å². The summed E-state index contributed by atoms with van der Waals surface area (Å²) >= 11 is 5.40. The Morgan fingerprint density at radius 1 is 1.22 bits per heavy atom. The SMILES string of the molecule is Cc1ccc(N(C)CCNC(=S)Nc2cccc(N3CCCC3=O)c2)cc1. The van der Waals surface area contributed by atoms with Crippen molar-refractivity contribution in [1.82, 2.24) is 5.32 Å². The molecular weight excluding hydrogens is 356 g/mol. The van der Waals surface area contributed by atoms with Gasteiger partial charge in [-0.2, -0.15) is 0 Å². The first kappa shape index (κ1) is 19.2. The lowest BCUT2D eigenvalue weighted by Crippen LogP contribution is -2.35. The lowest BCUT2D eigenvalue weighted by Gasteiger charge is -2.21. The van der Waals surface area contributed by atoms with Gasteiger partial charge >= 0.3 is 0 Å². The standard InChI is InChI=1S/C21H26N4OS/c1-16-8-10-18(11-9-16)24(2)14-12-22-21(27)23-17-5-3-6-19(15-17)25-13-4-7-20(25)26/h3,5-6,8-11,15H,4,7,12-14H2,1-2H3,(H2,22,23,27). The van der Waals surface area contributed by atoms with E-state index in [2.05, 4.69) is 53.8 Å². The second kappa shape index (κ2) is 8.86. The first-order valence-corrected chi connectivity index (χ1v) is 9.67. The summed E-state index contributed by atoms with van der Waals surface area (Å²) in [6.07, 6.45) is 1.55. The molecular formula is C21H26N4OS. The van der Waals surface area contributed by atoms with Gasteiger partial charge in [0.25, 0.3) is 0 Å². The van der Waals surface area contributed by atoms with Crippen molar-refractivity contribution in [3.8, 4) is 0 Å². The molecule has 0 aliphatic carbocycles. The van der Waals surface area contributed by atoms with E-state index in [0.29, 0.717) is 11.5 Å². The third-order valence-electron chi connectivity index (χ3n) is 4.70. The Morgan fingerprint density at radius 3 is 2.70 bits per heavy atom. The zero-order valence-corrected chi connectivity index (χ0v) is 16.7. The molecule has 1 saturated heterocycles. The summed E-state index contributed by atoms with van der Waals surface area (Å²) in [5.41, 5.74) is 4.25. The second-order valence-electron chi connectivity index (χ2n) is 6.84. The van der Waals surface area contributed by atoms with Crippen LogP contribution in [0.25, 0.3) is 0 Å². The zero-order valence-electron chi connectivity index (χ0n) is 15.9. The molecule has 0 spiro atoms. The van der Waals surface area contributed by atoms with Crippen molar-refractivity contribution < 1.29 is 4.79 Å². The summed E-state index contributed by atoms with van der Waals surface area (Å²) in [4.78, 5) is 15.9. The van der Waals surface area contributed by atoms with Crippen LogP contribution in [0.2, 0.25) is 0 Å². The molecule has 1 heterocycles. The summed E-state index contributed by atoms with van der Waals surface area (Å²) in [6.45, 7) is 4.45. The molecule has 0 atom stereocenters. The first-order valence-electron chi connectivity index (χ1n) is 9.26. The highest BCUT2D eigenvalue weighted by atomic mass is 32.1. The molecule has 142 valence electrons. The number of nitrogens with zero attached hydrogens (tertiary/aromatic N) is 2. The third-order valence-corrected chi connectivity index (χ3v) is 4.94. The Bertz CT molecular complexity index is 806. The van der Waals surface area contributed by atoms with Crippen LogP contribution in [-0.2, 0) is 4.79 Å². The predicted octanol–water partition coefficient (Wildman–Crippen LogP) is 3.54. The number of nitrogens with one attached hydrogen (secondary N) is 2. The predicted molar refractivity (Wildman–Crippen MR) is 117 cm³/mol. The molecule has 3 rings (SSSR count). The van der Waals surface area contributed by atoms with Crippen molar-refractivity contribution in [2.24, 2.45) is 0 Å². The van der Waals surface area contributed by atoms with Crippen molar-refractivity contribution in [1.29, 1.82) is 0 Å². The first-order chi connectivity index (χ1) is 13.0. The van der Waals surface area contributed by atoms with Crippen molar-refractivity contribution in [2.75, 3.05) is 41.8 Å². The number of amides is 1. The van der Waals surface area contributed by atoms with Gasteiger partial charge in [-0.25, -0.2) is 0 Å². The fourth-order valence-electron chi connectivity index (χ4n) is 3.11. The quantitative estimate of drug-likeness (QED) is 0.749. The number of benzene rings is 2. The molecule has 2 aromatic carbocycles. The van der Waals surface area contributed by atoms with Gasteiger partial charge in [0.1, 0.15) is 0 Å². The largest absolute Gasteiger partial charge is 0.373 e. The summed E-state index contributed by atoms with van der Waals surface area (Å²) in [6, 6.07) is 16.3. The van der Waals surface area contributed by atoms with E-state index in [1.54, 1.807) is 0 Å². The molecule has 0 radical (unpaired) electrons. The van der Waals surface area contributed by atoms with Gasteiger partial charge < -0.3 is 20.4 Å².